The van der Waals surface area contributed by atoms with E-state index >= 15 is 0 Å². The Balaban J connectivity index is 2.38. The number of alkyl halides is 3. The minimum Gasteiger partial charge on any atom is -0.460 e. The lowest BCUT2D eigenvalue weighted by molar-refractivity contribution is -0.459. The van der Waals surface area contributed by atoms with E-state index in [1.807, 2.05) is 0 Å². The number of benzene rings is 2. The Morgan fingerprint density at radius 3 is 2.32 bits per heavy atom. The molecule has 1 heterocycles. The van der Waals surface area contributed by atoms with Crippen molar-refractivity contribution in [2.24, 2.45) is 0 Å². The van der Waals surface area contributed by atoms with Gasteiger partial charge >= 0.3 is 17.5 Å². The average Bonchev–Trinajstić information content (AvgIpc) is 2.53. The van der Waals surface area contributed by atoms with Gasteiger partial charge in [0.15, 0.2) is 0 Å². The molecule has 2 aromatic rings. The molecule has 0 fully saturated rings. The van der Waals surface area contributed by atoms with Crippen LogP contribution in [-0.4, -0.2) is 11.1 Å². The highest BCUT2D eigenvalue weighted by Crippen LogP contribution is 2.53. The van der Waals surface area contributed by atoms with Crippen LogP contribution in [-0.2, 0) is 5.60 Å². The number of halogens is 5. The number of nitrogens with zero attached hydrogens (tertiary/aromatic N) is 1. The summed E-state index contributed by atoms with van der Waals surface area (Å²) in [6.45, 7) is 0. The molecule has 0 spiro atoms. The summed E-state index contributed by atoms with van der Waals surface area (Å²) < 4.78 is 48.4. The fourth-order valence-electron chi connectivity index (χ4n) is 2.68. The average molecular weight is 479 g/mol. The van der Waals surface area contributed by atoms with E-state index in [0.29, 0.717) is 4.47 Å². The van der Waals surface area contributed by atoms with Crippen molar-refractivity contribution in [3.8, 4) is 5.75 Å². The van der Waals surface area contributed by atoms with Crippen molar-refractivity contribution in [1.29, 1.82) is 0 Å². The number of rotatable bonds is 2. The fraction of sp³-hybridized carbons (Fsp3) is 0.125. The third-order valence-corrected chi connectivity index (χ3v) is 4.77. The van der Waals surface area contributed by atoms with Gasteiger partial charge in [-0.3, -0.25) is 10.1 Å². The first-order valence-corrected chi connectivity index (χ1v) is 8.42. The third-order valence-electron chi connectivity index (χ3n) is 3.72. The Morgan fingerprint density at radius 2 is 1.76 bits per heavy atom. The van der Waals surface area contributed by atoms with Crippen LogP contribution in [0.3, 0.4) is 0 Å². The number of fused-ring (bicyclic) bond motifs is 1. The first-order valence-electron chi connectivity index (χ1n) is 6.83. The lowest BCUT2D eigenvalue weighted by Crippen LogP contribution is -2.52. The highest BCUT2D eigenvalue weighted by atomic mass is 79.9. The Bertz CT molecular complexity index is 884. The smallest absolute Gasteiger partial charge is 0.443 e. The van der Waals surface area contributed by atoms with Gasteiger partial charge in [-0.05, 0) is 28.1 Å². The predicted octanol–water partition coefficient (Wildman–Crippen LogP) is 5.68. The minimum absolute atomic E-state index is 0.116. The van der Waals surface area contributed by atoms with Crippen molar-refractivity contribution < 1.29 is 22.8 Å². The molecule has 1 atom stereocenters. The molecular formula is C16H8Br2F3NO3. The van der Waals surface area contributed by atoms with Crippen LogP contribution < -0.4 is 4.74 Å². The summed E-state index contributed by atoms with van der Waals surface area (Å²) in [5.41, 5.74) is -4.50. The summed E-state index contributed by atoms with van der Waals surface area (Å²) >= 11 is 6.36. The number of nitro groups is 1. The summed E-state index contributed by atoms with van der Waals surface area (Å²) in [5.74, 6) is -0.116. The molecule has 1 aliphatic heterocycles. The second-order valence-electron chi connectivity index (χ2n) is 5.24. The zero-order valence-corrected chi connectivity index (χ0v) is 15.4. The summed E-state index contributed by atoms with van der Waals surface area (Å²) in [6, 6.07) is 9.54. The van der Waals surface area contributed by atoms with Gasteiger partial charge in [-0.25, -0.2) is 0 Å². The topological polar surface area (TPSA) is 52.4 Å². The normalized spacial score (nSPS) is 19.6. The lowest BCUT2D eigenvalue weighted by atomic mass is 9.86. The summed E-state index contributed by atoms with van der Waals surface area (Å²) in [5, 5.41) is 11.5. The second-order valence-corrected chi connectivity index (χ2v) is 7.01. The maximum atomic E-state index is 14.1. The van der Waals surface area contributed by atoms with Gasteiger partial charge in [0.1, 0.15) is 5.75 Å². The van der Waals surface area contributed by atoms with E-state index in [-0.39, 0.29) is 21.3 Å². The maximum Gasteiger partial charge on any atom is 0.443 e. The quantitative estimate of drug-likeness (QED) is 0.412. The van der Waals surface area contributed by atoms with Gasteiger partial charge in [-0.2, -0.15) is 13.2 Å². The third kappa shape index (κ3) is 2.85. The molecule has 1 unspecified atom stereocenters. The zero-order chi connectivity index (χ0) is 18.4. The molecule has 0 amide bonds. The lowest BCUT2D eigenvalue weighted by Gasteiger charge is -2.36. The molecular weight excluding hydrogens is 471 g/mol. The van der Waals surface area contributed by atoms with Crippen LogP contribution in [0.4, 0.5) is 13.2 Å². The van der Waals surface area contributed by atoms with Gasteiger partial charge < -0.3 is 4.74 Å². The standard InChI is InChI=1S/C16H8Br2F3NO3/c17-11-6-9-7-13(22(23)24)15(16(19,20)21,10-4-2-1-3-5-10)25-14(9)12(18)8-11/h1-8H. The Labute approximate surface area is 156 Å². The van der Waals surface area contributed by atoms with Gasteiger partial charge in [0.05, 0.1) is 9.40 Å². The van der Waals surface area contributed by atoms with Gasteiger partial charge in [0, 0.05) is 21.7 Å². The van der Waals surface area contributed by atoms with Crippen LogP contribution in [0.25, 0.3) is 6.08 Å². The summed E-state index contributed by atoms with van der Waals surface area (Å²) in [7, 11) is 0. The van der Waals surface area contributed by atoms with Crippen molar-refractivity contribution >= 4 is 37.9 Å². The number of hydrogen-bond donors (Lipinski definition) is 0. The van der Waals surface area contributed by atoms with Crippen LogP contribution in [0.2, 0.25) is 0 Å². The monoisotopic (exact) mass is 477 g/mol. The molecule has 0 radical (unpaired) electrons. The first kappa shape index (κ1) is 17.9. The largest absolute Gasteiger partial charge is 0.460 e. The molecule has 0 saturated heterocycles. The molecule has 0 bridgehead atoms. The van der Waals surface area contributed by atoms with Crippen molar-refractivity contribution in [3.63, 3.8) is 0 Å². The van der Waals surface area contributed by atoms with Crippen LogP contribution in [0, 0.1) is 10.1 Å². The van der Waals surface area contributed by atoms with E-state index < -0.39 is 22.4 Å². The maximum absolute atomic E-state index is 14.1. The van der Waals surface area contributed by atoms with Gasteiger partial charge in [-0.15, -0.1) is 0 Å². The molecule has 25 heavy (non-hydrogen) atoms. The Morgan fingerprint density at radius 1 is 1.12 bits per heavy atom. The van der Waals surface area contributed by atoms with E-state index in [4.69, 9.17) is 4.74 Å². The van der Waals surface area contributed by atoms with E-state index in [1.165, 1.54) is 30.3 Å². The molecule has 130 valence electrons. The van der Waals surface area contributed by atoms with E-state index in [2.05, 4.69) is 31.9 Å². The first-order chi connectivity index (χ1) is 11.7. The van der Waals surface area contributed by atoms with Gasteiger partial charge in [0.2, 0.25) is 0 Å². The van der Waals surface area contributed by atoms with Gasteiger partial charge in [-0.1, -0.05) is 46.3 Å². The molecule has 0 N–H and O–H groups in total. The molecule has 0 aliphatic carbocycles. The molecule has 9 heteroatoms. The van der Waals surface area contributed by atoms with Crippen molar-refractivity contribution in [2.75, 3.05) is 0 Å². The van der Waals surface area contributed by atoms with Crippen molar-refractivity contribution in [1.82, 2.24) is 0 Å². The van der Waals surface area contributed by atoms with Crippen LogP contribution >= 0.6 is 31.9 Å². The second kappa shape index (κ2) is 6.14. The van der Waals surface area contributed by atoms with E-state index in [9.17, 15) is 23.3 Å². The molecule has 0 aromatic heterocycles. The summed E-state index contributed by atoms with van der Waals surface area (Å²) in [4.78, 5) is 10.4. The van der Waals surface area contributed by atoms with Crippen LogP contribution in [0.5, 0.6) is 5.75 Å². The van der Waals surface area contributed by atoms with Crippen LogP contribution in [0.15, 0.2) is 57.1 Å². The number of hydrogen-bond acceptors (Lipinski definition) is 3. The summed E-state index contributed by atoms with van der Waals surface area (Å²) in [6.07, 6.45) is -4.16. The SMILES string of the molecule is O=[N+]([O-])C1=Cc2cc(Br)cc(Br)c2OC1(c1ccccc1)C(F)(F)F. The van der Waals surface area contributed by atoms with Crippen molar-refractivity contribution in [2.45, 2.75) is 11.8 Å². The highest BCUT2D eigenvalue weighted by Gasteiger charge is 2.68. The fourth-order valence-corrected chi connectivity index (χ4v) is 4.02. The Kier molecular flexibility index (Phi) is 4.40. The molecule has 0 saturated carbocycles. The Hall–Kier alpha value is -1.87. The molecule has 4 nitrogen and oxygen atoms in total. The van der Waals surface area contributed by atoms with E-state index in [0.717, 1.165) is 18.2 Å². The molecule has 3 rings (SSSR count). The number of ether oxygens (including phenoxy) is 1. The highest BCUT2D eigenvalue weighted by molar-refractivity contribution is 9.11. The molecule has 2 aromatic carbocycles. The van der Waals surface area contributed by atoms with Gasteiger partial charge in [0.25, 0.3) is 0 Å². The molecule has 1 aliphatic rings. The van der Waals surface area contributed by atoms with E-state index in [1.54, 1.807) is 0 Å². The minimum atomic E-state index is -5.06. The zero-order valence-electron chi connectivity index (χ0n) is 12.2. The predicted molar refractivity (Wildman–Crippen MR) is 91.6 cm³/mol. The van der Waals surface area contributed by atoms with Crippen molar-refractivity contribution in [3.05, 3.63) is 78.3 Å². The van der Waals surface area contributed by atoms with Crippen LogP contribution in [0.1, 0.15) is 11.1 Å².